The van der Waals surface area contributed by atoms with E-state index in [4.69, 9.17) is 4.74 Å². The smallest absolute Gasteiger partial charge is 0.458 e. The highest BCUT2D eigenvalue weighted by molar-refractivity contribution is 5.91. The van der Waals surface area contributed by atoms with Crippen LogP contribution in [0.3, 0.4) is 0 Å². The van der Waals surface area contributed by atoms with Gasteiger partial charge < -0.3 is 15.4 Å². The van der Waals surface area contributed by atoms with Gasteiger partial charge in [-0.1, -0.05) is 11.6 Å². The van der Waals surface area contributed by atoms with Gasteiger partial charge in [0.2, 0.25) is 5.91 Å². The first kappa shape index (κ1) is 25.0. The fourth-order valence-electron chi connectivity index (χ4n) is 2.36. The molecule has 5 radical (unpaired) electrons. The number of amides is 2. The Morgan fingerprint density at radius 1 is 1.10 bits per heavy atom. The number of esters is 1. The number of halogens is 3. The number of rotatable bonds is 7. The lowest BCUT2D eigenvalue weighted by Crippen LogP contribution is -2.53. The summed E-state index contributed by atoms with van der Waals surface area (Å²) in [5.41, 5.74) is -0.0706. The zero-order valence-electron chi connectivity index (χ0n) is 17.0. The van der Waals surface area contributed by atoms with Crippen LogP contribution in [0.5, 0.6) is 0 Å². The summed E-state index contributed by atoms with van der Waals surface area (Å²) < 4.78 is 42.4. The van der Waals surface area contributed by atoms with E-state index in [1.807, 2.05) is 31.8 Å². The van der Waals surface area contributed by atoms with Crippen molar-refractivity contribution >= 4 is 17.8 Å². The summed E-state index contributed by atoms with van der Waals surface area (Å²) in [6.07, 6.45) is 4.20. The van der Waals surface area contributed by atoms with Gasteiger partial charge in [0.1, 0.15) is 17.7 Å². The summed E-state index contributed by atoms with van der Waals surface area (Å²) >= 11 is 0. The maximum atomic E-state index is 12.5. The average molecular weight is 415 g/mol. The van der Waals surface area contributed by atoms with Gasteiger partial charge in [0.05, 0.1) is 0 Å². The van der Waals surface area contributed by atoms with Crippen molar-refractivity contribution in [1.82, 2.24) is 10.6 Å². The van der Waals surface area contributed by atoms with Crippen molar-refractivity contribution in [2.45, 2.75) is 64.9 Å². The maximum Gasteiger partial charge on any atom is 0.471 e. The van der Waals surface area contributed by atoms with Crippen molar-refractivity contribution in [2.75, 3.05) is 0 Å². The summed E-state index contributed by atoms with van der Waals surface area (Å²) in [5, 5.41) is 3.93. The Morgan fingerprint density at radius 3 is 2.14 bits per heavy atom. The van der Waals surface area contributed by atoms with E-state index in [1.165, 1.54) is 0 Å². The normalized spacial score (nSPS) is 18.1. The molecule has 2 amide bonds. The van der Waals surface area contributed by atoms with Crippen LogP contribution in [-0.2, 0) is 19.1 Å². The van der Waals surface area contributed by atoms with E-state index in [0.717, 1.165) is 18.4 Å². The number of allylic oxidation sites excluding steroid dienone is 1. The number of hydrogen-bond donors (Lipinski definition) is 2. The van der Waals surface area contributed by atoms with Gasteiger partial charge in [-0.05, 0) is 66.7 Å². The Hall–Kier alpha value is -2.06. The van der Waals surface area contributed by atoms with Crippen molar-refractivity contribution in [3.8, 4) is 0 Å². The van der Waals surface area contributed by atoms with Crippen LogP contribution in [0.25, 0.3) is 0 Å². The van der Waals surface area contributed by atoms with Gasteiger partial charge in [-0.3, -0.25) is 9.59 Å². The summed E-state index contributed by atoms with van der Waals surface area (Å²) in [5.74, 6) is -2.99. The molecule has 1 aliphatic rings. The van der Waals surface area contributed by atoms with E-state index in [-0.39, 0.29) is 6.42 Å². The molecule has 0 aromatic heterocycles. The van der Waals surface area contributed by atoms with E-state index in [0.29, 0.717) is 0 Å². The molecular weight excluding hydrogens is 389 g/mol. The van der Waals surface area contributed by atoms with E-state index < -0.39 is 41.6 Å². The van der Waals surface area contributed by atoms with Crippen LogP contribution in [0.4, 0.5) is 13.2 Å². The third kappa shape index (κ3) is 9.32. The second-order valence-electron chi connectivity index (χ2n) is 7.70. The number of carbonyl (C=O) groups excluding carboxylic acids is 3. The third-order valence-corrected chi connectivity index (χ3v) is 3.63. The fraction of sp³-hybridized carbons (Fsp3) is 0.500. The summed E-state index contributed by atoms with van der Waals surface area (Å²) in [6, 6.07) is -2.62. The van der Waals surface area contributed by atoms with Gasteiger partial charge in [-0.15, -0.1) is 0 Å². The highest BCUT2D eigenvalue weighted by Gasteiger charge is 2.40. The molecule has 1 fully saturated rings. The van der Waals surface area contributed by atoms with Gasteiger partial charge in [0.25, 0.3) is 0 Å². The van der Waals surface area contributed by atoms with Gasteiger partial charge in [0.15, 0.2) is 0 Å². The predicted molar refractivity (Wildman–Crippen MR) is 100 cm³/mol. The van der Waals surface area contributed by atoms with Crippen molar-refractivity contribution in [2.24, 2.45) is 0 Å². The van der Waals surface area contributed by atoms with Crippen molar-refractivity contribution in [1.29, 1.82) is 0 Å². The fourth-order valence-corrected chi connectivity index (χ4v) is 2.36. The highest BCUT2D eigenvalue weighted by atomic mass is 19.4. The first-order chi connectivity index (χ1) is 13.2. The number of ether oxygens (including phenoxy) is 1. The van der Waals surface area contributed by atoms with Gasteiger partial charge in [-0.25, -0.2) is 4.79 Å². The first-order valence-electron chi connectivity index (χ1n) is 8.99. The van der Waals surface area contributed by atoms with Crippen LogP contribution >= 0.6 is 0 Å². The SMILES string of the molecule is C/C(=C\[C]1[CH][CH][CH][CH]1)C[C@@H](NC(=O)[C@H](C)NC(=O)C(F)(F)F)C(=O)OC(C)(C)C. The van der Waals surface area contributed by atoms with Crippen LogP contribution < -0.4 is 10.6 Å². The first-order valence-corrected chi connectivity index (χ1v) is 8.99. The molecule has 161 valence electrons. The summed E-state index contributed by atoms with van der Waals surface area (Å²) in [6.45, 7) is 7.82. The highest BCUT2D eigenvalue weighted by Crippen LogP contribution is 2.26. The zero-order chi connectivity index (χ0) is 22.4. The molecule has 1 rings (SSSR count). The monoisotopic (exact) mass is 415 g/mol. The van der Waals surface area contributed by atoms with Gasteiger partial charge in [0, 0.05) is 5.92 Å². The number of nitrogens with one attached hydrogen (secondary N) is 2. The molecule has 9 heteroatoms. The second kappa shape index (κ2) is 10.1. The Bertz CT molecular complexity index is 633. The molecule has 0 aliphatic heterocycles. The largest absolute Gasteiger partial charge is 0.471 e. The minimum absolute atomic E-state index is 0.0891. The second-order valence-corrected chi connectivity index (χ2v) is 7.70. The molecule has 0 spiro atoms. The van der Waals surface area contributed by atoms with E-state index in [1.54, 1.807) is 33.0 Å². The minimum Gasteiger partial charge on any atom is -0.458 e. The standard InChI is InChI=1S/C20H26F3N2O4/c1-12(10-14-8-6-7-9-14)11-15(17(27)29-19(3,4)5)25-16(26)13(2)24-18(28)20(21,22)23/h6-10,13,15H,11H2,1-5H3,(H,24,28)(H,25,26)/b12-10+/t13-,15+/m0/s1. The molecule has 0 heterocycles. The Morgan fingerprint density at radius 2 is 1.66 bits per heavy atom. The van der Waals surface area contributed by atoms with Crippen LogP contribution in [0.1, 0.15) is 41.0 Å². The van der Waals surface area contributed by atoms with Crippen molar-refractivity contribution in [3.05, 3.63) is 43.3 Å². The number of alkyl halides is 3. The topological polar surface area (TPSA) is 84.5 Å². The zero-order valence-corrected chi connectivity index (χ0v) is 17.0. The Balaban J connectivity index is 2.85. The lowest BCUT2D eigenvalue weighted by molar-refractivity contribution is -0.174. The number of hydrogen-bond acceptors (Lipinski definition) is 4. The molecule has 29 heavy (non-hydrogen) atoms. The lowest BCUT2D eigenvalue weighted by atomic mass is 10.00. The summed E-state index contributed by atoms with van der Waals surface area (Å²) in [4.78, 5) is 35.8. The van der Waals surface area contributed by atoms with E-state index >= 15 is 0 Å². The molecule has 0 bridgehead atoms. The van der Waals surface area contributed by atoms with Crippen LogP contribution in [-0.4, -0.2) is 41.6 Å². The maximum absolute atomic E-state index is 12.5. The molecule has 0 saturated heterocycles. The number of carbonyl (C=O) groups is 3. The molecule has 2 atom stereocenters. The van der Waals surface area contributed by atoms with Gasteiger partial charge >= 0.3 is 18.1 Å². The summed E-state index contributed by atoms with van der Waals surface area (Å²) in [7, 11) is 0. The van der Waals surface area contributed by atoms with Crippen molar-refractivity contribution in [3.63, 3.8) is 0 Å². The van der Waals surface area contributed by atoms with E-state index in [9.17, 15) is 27.6 Å². The van der Waals surface area contributed by atoms with Crippen LogP contribution in [0, 0.1) is 31.6 Å². The average Bonchev–Trinajstić information content (AvgIpc) is 3.04. The molecule has 0 aromatic carbocycles. The lowest BCUT2D eigenvalue weighted by Gasteiger charge is -2.26. The predicted octanol–water partition coefficient (Wildman–Crippen LogP) is 2.62. The van der Waals surface area contributed by atoms with Crippen molar-refractivity contribution < 1.29 is 32.3 Å². The molecule has 1 aliphatic carbocycles. The quantitative estimate of drug-likeness (QED) is 0.626. The van der Waals surface area contributed by atoms with Crippen LogP contribution in [0.15, 0.2) is 11.6 Å². The minimum atomic E-state index is -5.11. The van der Waals surface area contributed by atoms with Gasteiger partial charge in [-0.2, -0.15) is 13.2 Å². The Kier molecular flexibility index (Phi) is 8.71. The third-order valence-electron chi connectivity index (χ3n) is 3.63. The molecule has 0 aromatic rings. The molecular formula is C20H26F3N2O4. The molecule has 6 nitrogen and oxygen atoms in total. The van der Waals surface area contributed by atoms with Crippen LogP contribution in [0.2, 0.25) is 0 Å². The Labute approximate surface area is 169 Å². The molecule has 0 unspecified atom stereocenters. The molecule has 2 N–H and O–H groups in total. The molecule has 1 saturated carbocycles. The van der Waals surface area contributed by atoms with E-state index in [2.05, 4.69) is 5.32 Å².